The number of hydrogen-bond acceptors (Lipinski definition) is 4. The normalized spacial score (nSPS) is 12.6. The molecule has 0 fully saturated rings. The Balaban J connectivity index is 3.92. The zero-order valence-electron chi connectivity index (χ0n) is 8.45. The molecule has 4 nitrogen and oxygen atoms in total. The highest BCUT2D eigenvalue weighted by Crippen LogP contribution is 1.98. The Hall–Kier alpha value is -0.260. The van der Waals surface area contributed by atoms with Crippen molar-refractivity contribution in [1.82, 2.24) is 4.90 Å². The van der Waals surface area contributed by atoms with E-state index in [1.54, 1.807) is 23.7 Å². The third kappa shape index (κ3) is 4.50. The average Bonchev–Trinajstić information content (AvgIpc) is 2.15. The van der Waals surface area contributed by atoms with Gasteiger partial charge in [-0.2, -0.15) is 11.8 Å². The zero-order chi connectivity index (χ0) is 10.3. The van der Waals surface area contributed by atoms with E-state index in [0.717, 1.165) is 12.3 Å². The second-order valence-electron chi connectivity index (χ2n) is 2.71. The predicted molar refractivity (Wildman–Crippen MR) is 55.9 cm³/mol. The van der Waals surface area contributed by atoms with Crippen molar-refractivity contribution >= 4 is 17.7 Å². The lowest BCUT2D eigenvalue weighted by Crippen LogP contribution is -2.42. The summed E-state index contributed by atoms with van der Waals surface area (Å²) in [6.07, 6.45) is 1.52. The maximum Gasteiger partial charge on any atom is 0.252 e. The first kappa shape index (κ1) is 12.7. The molecule has 0 rings (SSSR count). The standard InChI is InChI=1S/C8H18N2O2S/c1-10(4-5-13-3)8(11)7(6-9)12-2/h7H,4-6,9H2,1-3H3. The molecule has 0 bridgehead atoms. The third-order valence-corrected chi connectivity index (χ3v) is 2.37. The van der Waals surface area contributed by atoms with Gasteiger partial charge in [-0.3, -0.25) is 4.79 Å². The predicted octanol–water partition coefficient (Wildman–Crippen LogP) is -0.218. The van der Waals surface area contributed by atoms with Crippen LogP contribution in [0.15, 0.2) is 0 Å². The maximum absolute atomic E-state index is 11.5. The molecule has 0 aromatic heterocycles. The van der Waals surface area contributed by atoms with E-state index in [-0.39, 0.29) is 12.5 Å². The molecule has 13 heavy (non-hydrogen) atoms. The number of hydrogen-bond donors (Lipinski definition) is 1. The van der Waals surface area contributed by atoms with Crippen LogP contribution >= 0.6 is 11.8 Å². The Morgan fingerprint density at radius 1 is 1.69 bits per heavy atom. The average molecular weight is 206 g/mol. The Labute approximate surface area is 83.8 Å². The number of likely N-dealkylation sites (N-methyl/N-ethyl adjacent to an activating group) is 1. The highest BCUT2D eigenvalue weighted by Gasteiger charge is 2.19. The van der Waals surface area contributed by atoms with E-state index in [9.17, 15) is 4.79 Å². The van der Waals surface area contributed by atoms with Crippen molar-refractivity contribution in [3.63, 3.8) is 0 Å². The summed E-state index contributed by atoms with van der Waals surface area (Å²) < 4.78 is 4.94. The Morgan fingerprint density at radius 2 is 2.31 bits per heavy atom. The Morgan fingerprint density at radius 3 is 2.69 bits per heavy atom. The first-order valence-corrected chi connectivity index (χ1v) is 5.53. The molecule has 0 aliphatic heterocycles. The van der Waals surface area contributed by atoms with Crippen LogP contribution in [-0.2, 0) is 9.53 Å². The van der Waals surface area contributed by atoms with Gasteiger partial charge < -0.3 is 15.4 Å². The minimum atomic E-state index is -0.494. The lowest BCUT2D eigenvalue weighted by Gasteiger charge is -2.21. The molecule has 5 heteroatoms. The van der Waals surface area contributed by atoms with Gasteiger partial charge in [0.05, 0.1) is 0 Å². The fourth-order valence-electron chi connectivity index (χ4n) is 0.882. The molecule has 78 valence electrons. The van der Waals surface area contributed by atoms with Gasteiger partial charge in [0.2, 0.25) is 0 Å². The second-order valence-corrected chi connectivity index (χ2v) is 3.70. The molecular formula is C8H18N2O2S. The molecule has 0 saturated carbocycles. The van der Waals surface area contributed by atoms with Gasteiger partial charge in [0.25, 0.3) is 5.91 Å². The van der Waals surface area contributed by atoms with E-state index in [1.165, 1.54) is 7.11 Å². The van der Waals surface area contributed by atoms with Gasteiger partial charge in [-0.05, 0) is 6.26 Å². The fourth-order valence-corrected chi connectivity index (χ4v) is 1.34. The minimum Gasteiger partial charge on any atom is -0.370 e. The summed E-state index contributed by atoms with van der Waals surface area (Å²) in [7, 11) is 3.26. The quantitative estimate of drug-likeness (QED) is 0.653. The molecular weight excluding hydrogens is 188 g/mol. The van der Waals surface area contributed by atoms with Crippen molar-refractivity contribution < 1.29 is 9.53 Å². The number of nitrogens with two attached hydrogens (primary N) is 1. The molecule has 0 radical (unpaired) electrons. The third-order valence-electron chi connectivity index (χ3n) is 1.78. The van der Waals surface area contributed by atoms with Crippen molar-refractivity contribution in [2.75, 3.05) is 39.3 Å². The fraction of sp³-hybridized carbons (Fsp3) is 0.875. The smallest absolute Gasteiger partial charge is 0.252 e. The molecule has 0 spiro atoms. The summed E-state index contributed by atoms with van der Waals surface area (Å²) in [5, 5.41) is 0. The van der Waals surface area contributed by atoms with E-state index in [1.807, 2.05) is 6.26 Å². The molecule has 0 aromatic rings. The van der Waals surface area contributed by atoms with Crippen molar-refractivity contribution in [1.29, 1.82) is 0 Å². The molecule has 0 aliphatic carbocycles. The molecule has 1 atom stereocenters. The molecule has 0 aliphatic rings. The van der Waals surface area contributed by atoms with Crippen LogP contribution in [0.5, 0.6) is 0 Å². The number of ether oxygens (including phenoxy) is 1. The van der Waals surface area contributed by atoms with Crippen LogP contribution in [0.4, 0.5) is 0 Å². The van der Waals surface area contributed by atoms with Crippen molar-refractivity contribution in [3.8, 4) is 0 Å². The largest absolute Gasteiger partial charge is 0.370 e. The number of rotatable bonds is 6. The van der Waals surface area contributed by atoms with Gasteiger partial charge in [0.15, 0.2) is 0 Å². The molecule has 1 amide bonds. The van der Waals surface area contributed by atoms with Crippen LogP contribution < -0.4 is 5.73 Å². The zero-order valence-corrected chi connectivity index (χ0v) is 9.26. The molecule has 0 saturated heterocycles. The van der Waals surface area contributed by atoms with Crippen molar-refractivity contribution in [3.05, 3.63) is 0 Å². The first-order valence-electron chi connectivity index (χ1n) is 4.14. The number of thioether (sulfide) groups is 1. The number of carbonyl (C=O) groups excluding carboxylic acids is 1. The maximum atomic E-state index is 11.5. The van der Waals surface area contributed by atoms with Crippen molar-refractivity contribution in [2.24, 2.45) is 5.73 Å². The molecule has 0 aromatic carbocycles. The van der Waals surface area contributed by atoms with Gasteiger partial charge in [-0.25, -0.2) is 0 Å². The monoisotopic (exact) mass is 206 g/mol. The summed E-state index contributed by atoms with van der Waals surface area (Å²) in [6.45, 7) is 0.971. The van der Waals surface area contributed by atoms with Gasteiger partial charge in [-0.15, -0.1) is 0 Å². The summed E-state index contributed by atoms with van der Waals surface area (Å²) >= 11 is 1.71. The Kier molecular flexibility index (Phi) is 7.03. The van der Waals surface area contributed by atoms with Crippen LogP contribution in [0.3, 0.4) is 0 Å². The molecule has 1 unspecified atom stereocenters. The number of methoxy groups -OCH3 is 1. The first-order chi connectivity index (χ1) is 6.17. The van der Waals surface area contributed by atoms with E-state index >= 15 is 0 Å². The summed E-state index contributed by atoms with van der Waals surface area (Å²) in [5.41, 5.74) is 5.37. The van der Waals surface area contributed by atoms with E-state index in [0.29, 0.717) is 0 Å². The summed E-state index contributed by atoms with van der Waals surface area (Å²) in [5.74, 6) is 0.891. The second kappa shape index (κ2) is 7.17. The number of amides is 1. The topological polar surface area (TPSA) is 55.6 Å². The van der Waals surface area contributed by atoms with Gasteiger partial charge in [-0.1, -0.05) is 0 Å². The van der Waals surface area contributed by atoms with Gasteiger partial charge in [0, 0.05) is 33.0 Å². The van der Waals surface area contributed by atoms with Crippen LogP contribution in [-0.4, -0.2) is 56.2 Å². The van der Waals surface area contributed by atoms with Crippen LogP contribution in [0, 0.1) is 0 Å². The SMILES string of the molecule is COC(CN)C(=O)N(C)CCSC. The van der Waals surface area contributed by atoms with Gasteiger partial charge in [0.1, 0.15) is 6.10 Å². The van der Waals surface area contributed by atoms with Gasteiger partial charge >= 0.3 is 0 Å². The highest BCUT2D eigenvalue weighted by atomic mass is 32.2. The van der Waals surface area contributed by atoms with E-state index < -0.39 is 6.10 Å². The van der Waals surface area contributed by atoms with Crippen LogP contribution in [0.1, 0.15) is 0 Å². The van der Waals surface area contributed by atoms with E-state index in [2.05, 4.69) is 0 Å². The minimum absolute atomic E-state index is 0.0425. The number of nitrogens with zero attached hydrogens (tertiary/aromatic N) is 1. The molecule has 2 N–H and O–H groups in total. The molecule has 0 heterocycles. The van der Waals surface area contributed by atoms with Crippen LogP contribution in [0.25, 0.3) is 0 Å². The summed E-state index contributed by atoms with van der Waals surface area (Å²) in [4.78, 5) is 13.2. The van der Waals surface area contributed by atoms with E-state index in [4.69, 9.17) is 10.5 Å². The Bertz CT molecular complexity index is 151. The summed E-state index contributed by atoms with van der Waals surface area (Å²) in [6, 6.07) is 0. The number of carbonyl (C=O) groups is 1. The van der Waals surface area contributed by atoms with Crippen molar-refractivity contribution in [2.45, 2.75) is 6.10 Å². The lowest BCUT2D eigenvalue weighted by molar-refractivity contribution is -0.139. The highest BCUT2D eigenvalue weighted by molar-refractivity contribution is 7.98. The van der Waals surface area contributed by atoms with Crippen LogP contribution in [0.2, 0.25) is 0 Å². The lowest BCUT2D eigenvalue weighted by atomic mass is 10.3.